The molecule has 0 bridgehead atoms. The predicted octanol–water partition coefficient (Wildman–Crippen LogP) is 5.81. The molecule has 0 amide bonds. The summed E-state index contributed by atoms with van der Waals surface area (Å²) in [5.41, 5.74) is 1.41. The number of carbonyl (C=O) groups excluding carboxylic acids is 3. The number of Topliss-reactive ketones (excluding diaryl/α,β-unsaturated/α-hetero) is 1. The molecule has 178 valence electrons. The monoisotopic (exact) mass is 442 g/mol. The van der Waals surface area contributed by atoms with Gasteiger partial charge in [-0.1, -0.05) is 20.8 Å². The van der Waals surface area contributed by atoms with Crippen molar-refractivity contribution in [2.24, 2.45) is 52.3 Å². The number of hydrogen-bond donors (Lipinski definition) is 0. The minimum absolute atomic E-state index is 0.103. The molecule has 0 aliphatic heterocycles. The van der Waals surface area contributed by atoms with Crippen molar-refractivity contribution in [1.82, 2.24) is 0 Å². The van der Waals surface area contributed by atoms with Crippen molar-refractivity contribution in [3.8, 4) is 0 Å². The fourth-order valence-corrected chi connectivity index (χ4v) is 9.21. The molecule has 1 unspecified atom stereocenters. The minimum Gasteiger partial charge on any atom is -0.469 e. The first-order chi connectivity index (χ1) is 15.2. The molecule has 32 heavy (non-hydrogen) atoms. The first-order valence-electron chi connectivity index (χ1n) is 13.0. The van der Waals surface area contributed by atoms with Gasteiger partial charge in [0.15, 0.2) is 0 Å². The predicted molar refractivity (Wildman–Crippen MR) is 124 cm³/mol. The highest BCUT2D eigenvalue weighted by Crippen LogP contribution is 2.69. The Labute approximate surface area is 193 Å². The van der Waals surface area contributed by atoms with E-state index in [0.29, 0.717) is 41.4 Å². The lowest BCUT2D eigenvalue weighted by Gasteiger charge is -2.61. The number of fused-ring (bicyclic) bond motifs is 5. The molecule has 4 nitrogen and oxygen atoms in total. The smallest absolute Gasteiger partial charge is 0.305 e. The summed E-state index contributed by atoms with van der Waals surface area (Å²) in [6.45, 7) is 8.97. The molecular weight excluding hydrogens is 400 g/mol. The molecule has 4 rings (SSSR count). The van der Waals surface area contributed by atoms with Gasteiger partial charge in [0, 0.05) is 17.9 Å². The Morgan fingerprint density at radius 3 is 2.44 bits per heavy atom. The fraction of sp³-hybridized carbons (Fsp3) is 0.857. The van der Waals surface area contributed by atoms with Crippen LogP contribution < -0.4 is 0 Å². The highest BCUT2D eigenvalue weighted by molar-refractivity contribution is 5.78. The highest BCUT2D eigenvalue weighted by atomic mass is 16.5. The van der Waals surface area contributed by atoms with E-state index in [0.717, 1.165) is 37.7 Å². The van der Waals surface area contributed by atoms with Gasteiger partial charge in [0.2, 0.25) is 0 Å². The Morgan fingerprint density at radius 1 is 1.09 bits per heavy atom. The normalized spacial score (nSPS) is 44.0. The molecule has 0 radical (unpaired) electrons. The lowest BCUT2D eigenvalue weighted by Crippen LogP contribution is -2.54. The van der Waals surface area contributed by atoms with Gasteiger partial charge in [-0.05, 0) is 111 Å². The SMILES string of the molecule is COC(=O)CC[C@@H](C)[C@H]1CC[C@H]2[C@@H]3CC(=C=O)[C@@H]4CC(C(C)=O)CC[C@]4(C)[C@H]3CC[C@]12C. The highest BCUT2D eigenvalue weighted by Gasteiger charge is 2.62. The van der Waals surface area contributed by atoms with Crippen molar-refractivity contribution >= 4 is 17.7 Å². The molecule has 4 fully saturated rings. The molecule has 0 saturated heterocycles. The summed E-state index contributed by atoms with van der Waals surface area (Å²) in [5.74, 6) is 5.96. The molecule has 0 spiro atoms. The molecule has 9 atom stereocenters. The van der Waals surface area contributed by atoms with E-state index in [2.05, 4.69) is 26.7 Å². The van der Waals surface area contributed by atoms with Crippen molar-refractivity contribution in [1.29, 1.82) is 0 Å². The van der Waals surface area contributed by atoms with E-state index in [9.17, 15) is 14.4 Å². The van der Waals surface area contributed by atoms with Gasteiger partial charge in [-0.3, -0.25) is 9.59 Å². The topological polar surface area (TPSA) is 60.4 Å². The van der Waals surface area contributed by atoms with Gasteiger partial charge in [0.1, 0.15) is 11.7 Å². The van der Waals surface area contributed by atoms with Crippen LogP contribution in [0.4, 0.5) is 0 Å². The van der Waals surface area contributed by atoms with Gasteiger partial charge in [0.05, 0.1) is 7.11 Å². The average molecular weight is 443 g/mol. The third-order valence-corrected chi connectivity index (χ3v) is 11.0. The van der Waals surface area contributed by atoms with Crippen molar-refractivity contribution in [2.45, 2.75) is 91.9 Å². The molecule has 4 aliphatic carbocycles. The molecule has 4 aliphatic rings. The van der Waals surface area contributed by atoms with Crippen molar-refractivity contribution in [3.05, 3.63) is 5.57 Å². The lowest BCUT2D eigenvalue weighted by molar-refractivity contribution is -0.141. The molecule has 0 aromatic heterocycles. The largest absolute Gasteiger partial charge is 0.469 e. The van der Waals surface area contributed by atoms with Crippen molar-refractivity contribution in [3.63, 3.8) is 0 Å². The maximum Gasteiger partial charge on any atom is 0.305 e. The second kappa shape index (κ2) is 8.75. The maximum atomic E-state index is 12.1. The Balaban J connectivity index is 1.56. The molecule has 0 aromatic rings. The van der Waals surface area contributed by atoms with Crippen LogP contribution in [0, 0.1) is 52.3 Å². The minimum atomic E-state index is -0.103. The second-order valence-electron chi connectivity index (χ2n) is 12.2. The summed E-state index contributed by atoms with van der Waals surface area (Å²) >= 11 is 0. The Morgan fingerprint density at radius 2 is 1.78 bits per heavy atom. The molecular formula is C28H42O4. The number of methoxy groups -OCH3 is 1. The van der Waals surface area contributed by atoms with Gasteiger partial charge in [-0.15, -0.1) is 0 Å². The first-order valence-corrected chi connectivity index (χ1v) is 13.0. The standard InChI is InChI=1S/C28H42O4/c1-17(6-9-26(31)32-5)22-7-8-23-21-14-20(16-29)25-15-19(18(2)30)10-12-28(25,4)24(21)11-13-27(22,23)3/h17,19,21-25H,6-15H2,1-5H3/t17-,19?,21+,22-,23+,24+,25+,27-,28-/m1/s1. The molecule has 0 N–H and O–H groups in total. The number of allylic oxidation sites excluding steroid dienone is 1. The van der Waals surface area contributed by atoms with Gasteiger partial charge in [-0.2, -0.15) is 0 Å². The summed E-state index contributed by atoms with van der Waals surface area (Å²) in [4.78, 5) is 36.0. The Hall–Kier alpha value is -1.41. The zero-order valence-electron chi connectivity index (χ0n) is 20.7. The van der Waals surface area contributed by atoms with E-state index in [4.69, 9.17) is 4.74 Å². The third-order valence-electron chi connectivity index (χ3n) is 11.0. The number of ketones is 1. The summed E-state index contributed by atoms with van der Waals surface area (Å²) in [6, 6.07) is 0. The molecule has 0 aromatic carbocycles. The quantitative estimate of drug-likeness (QED) is 0.398. The number of carbonyl (C=O) groups is 2. The van der Waals surface area contributed by atoms with Crippen molar-refractivity contribution < 1.29 is 19.1 Å². The summed E-state index contributed by atoms with van der Waals surface area (Å²) in [5, 5.41) is 0. The third kappa shape index (κ3) is 3.71. The van der Waals surface area contributed by atoms with Crippen LogP contribution in [0.1, 0.15) is 91.9 Å². The van der Waals surface area contributed by atoms with Crippen LogP contribution >= 0.6 is 0 Å². The van der Waals surface area contributed by atoms with E-state index >= 15 is 0 Å². The zero-order chi connectivity index (χ0) is 23.3. The first kappa shape index (κ1) is 23.7. The maximum absolute atomic E-state index is 12.1. The van der Waals surface area contributed by atoms with Crippen LogP contribution in [0.15, 0.2) is 5.57 Å². The fourth-order valence-electron chi connectivity index (χ4n) is 9.21. The van der Waals surface area contributed by atoms with Crippen LogP contribution in [-0.2, 0) is 19.1 Å². The summed E-state index contributed by atoms with van der Waals surface area (Å²) in [7, 11) is 1.47. The average Bonchev–Trinajstić information content (AvgIpc) is 3.13. The van der Waals surface area contributed by atoms with Gasteiger partial charge < -0.3 is 4.74 Å². The summed E-state index contributed by atoms with van der Waals surface area (Å²) < 4.78 is 4.87. The van der Waals surface area contributed by atoms with Crippen LogP contribution in [0.3, 0.4) is 0 Å². The number of esters is 1. The van der Waals surface area contributed by atoms with Crippen LogP contribution in [0.5, 0.6) is 0 Å². The number of ether oxygens (including phenoxy) is 1. The van der Waals surface area contributed by atoms with Crippen LogP contribution in [0.25, 0.3) is 0 Å². The lowest BCUT2D eigenvalue weighted by atomic mass is 9.43. The van der Waals surface area contributed by atoms with Crippen LogP contribution in [-0.4, -0.2) is 24.8 Å². The van der Waals surface area contributed by atoms with Crippen molar-refractivity contribution in [2.75, 3.05) is 7.11 Å². The van der Waals surface area contributed by atoms with Gasteiger partial charge in [-0.25, -0.2) is 4.79 Å². The Kier molecular flexibility index (Phi) is 6.49. The van der Waals surface area contributed by atoms with E-state index in [-0.39, 0.29) is 29.0 Å². The Bertz CT molecular complexity index is 810. The van der Waals surface area contributed by atoms with E-state index in [1.54, 1.807) is 6.92 Å². The number of hydrogen-bond acceptors (Lipinski definition) is 4. The molecule has 4 heteroatoms. The summed E-state index contributed by atoms with van der Waals surface area (Å²) in [6.07, 6.45) is 10.2. The molecule has 4 saturated carbocycles. The van der Waals surface area contributed by atoms with Gasteiger partial charge >= 0.3 is 5.97 Å². The molecule has 0 heterocycles. The second-order valence-corrected chi connectivity index (χ2v) is 12.2. The van der Waals surface area contributed by atoms with Gasteiger partial charge in [0.25, 0.3) is 0 Å². The van der Waals surface area contributed by atoms with Crippen LogP contribution in [0.2, 0.25) is 0 Å². The zero-order valence-corrected chi connectivity index (χ0v) is 20.7. The van der Waals surface area contributed by atoms with E-state index in [1.165, 1.54) is 32.8 Å². The van der Waals surface area contributed by atoms with E-state index < -0.39 is 0 Å². The van der Waals surface area contributed by atoms with E-state index in [1.807, 2.05) is 0 Å². The number of rotatable bonds is 5.